The summed E-state index contributed by atoms with van der Waals surface area (Å²) in [5.41, 5.74) is 1.02. The third kappa shape index (κ3) is 4.88. The quantitative estimate of drug-likeness (QED) is 0.365. The van der Waals surface area contributed by atoms with E-state index in [-0.39, 0.29) is 17.2 Å². The lowest BCUT2D eigenvalue weighted by Crippen LogP contribution is -2.33. The predicted molar refractivity (Wildman–Crippen MR) is 120 cm³/mol. The largest absolute Gasteiger partial charge is 0.493 e. The maximum Gasteiger partial charge on any atom is 0.293 e. The Morgan fingerprint density at radius 2 is 1.90 bits per heavy atom. The van der Waals surface area contributed by atoms with Crippen molar-refractivity contribution in [3.05, 3.63) is 61.9 Å². The Morgan fingerprint density at radius 3 is 2.53 bits per heavy atom. The summed E-state index contributed by atoms with van der Waals surface area (Å²) < 4.78 is 11.5. The minimum Gasteiger partial charge on any atom is -0.493 e. The molecule has 2 amide bonds. The number of nitrogens with zero attached hydrogens (tertiary/aromatic N) is 1. The van der Waals surface area contributed by atoms with Crippen LogP contribution in [-0.2, 0) is 4.79 Å². The van der Waals surface area contributed by atoms with Crippen LogP contribution in [-0.4, -0.2) is 42.1 Å². The molecule has 1 saturated heterocycles. The molecular weight excluding hydrogens is 494 g/mol. The van der Waals surface area contributed by atoms with Crippen LogP contribution in [0.2, 0.25) is 5.02 Å². The van der Waals surface area contributed by atoms with Gasteiger partial charge in [0.25, 0.3) is 11.1 Å². The zero-order chi connectivity index (χ0) is 21.8. The number of hydrogen-bond donors (Lipinski definition) is 0. The van der Waals surface area contributed by atoms with Crippen molar-refractivity contribution in [2.75, 3.05) is 20.3 Å². The molecule has 0 aliphatic carbocycles. The van der Waals surface area contributed by atoms with E-state index in [0.717, 1.165) is 16.7 Å². The Hall–Kier alpha value is -2.29. The van der Waals surface area contributed by atoms with E-state index in [0.29, 0.717) is 38.7 Å². The van der Waals surface area contributed by atoms with E-state index < -0.39 is 11.1 Å². The lowest BCUT2D eigenvalue weighted by molar-refractivity contribution is -0.122. The number of imide groups is 1. The zero-order valence-electron chi connectivity index (χ0n) is 16.1. The maximum atomic E-state index is 12.7. The highest BCUT2D eigenvalue weighted by atomic mass is 79.9. The van der Waals surface area contributed by atoms with Crippen molar-refractivity contribution >= 4 is 62.3 Å². The van der Waals surface area contributed by atoms with E-state index in [1.165, 1.54) is 7.11 Å². The third-order valence-corrected chi connectivity index (χ3v) is 6.06. The highest BCUT2D eigenvalue weighted by molar-refractivity contribution is 9.10. The minimum absolute atomic E-state index is 0.218. The summed E-state index contributed by atoms with van der Waals surface area (Å²) in [7, 11) is 1.52. The SMILES string of the molecule is CCOc1cc(Br)c(/C=C2\SC(=O)N(CC(=O)c3ccc(Cl)cc3)C2=O)cc1OC. The van der Waals surface area contributed by atoms with Crippen LogP contribution >= 0.6 is 39.3 Å². The van der Waals surface area contributed by atoms with Crippen molar-refractivity contribution in [2.45, 2.75) is 6.92 Å². The van der Waals surface area contributed by atoms with Gasteiger partial charge in [0.15, 0.2) is 17.3 Å². The number of carbonyl (C=O) groups excluding carboxylic acids is 3. The lowest BCUT2D eigenvalue weighted by atomic mass is 10.1. The van der Waals surface area contributed by atoms with Crippen LogP contribution in [0, 0.1) is 0 Å². The molecule has 6 nitrogen and oxygen atoms in total. The van der Waals surface area contributed by atoms with Gasteiger partial charge in [-0.25, -0.2) is 0 Å². The first-order chi connectivity index (χ1) is 14.3. The molecule has 0 bridgehead atoms. The van der Waals surface area contributed by atoms with Gasteiger partial charge >= 0.3 is 0 Å². The molecule has 0 radical (unpaired) electrons. The molecule has 1 aliphatic heterocycles. The number of ketones is 1. The van der Waals surface area contributed by atoms with Crippen LogP contribution in [0.1, 0.15) is 22.8 Å². The van der Waals surface area contributed by atoms with Gasteiger partial charge in [0.2, 0.25) is 0 Å². The third-order valence-electron chi connectivity index (χ3n) is 4.21. The molecule has 1 heterocycles. The molecule has 0 atom stereocenters. The number of thioether (sulfide) groups is 1. The Balaban J connectivity index is 1.82. The van der Waals surface area contributed by atoms with Crippen LogP contribution in [0.4, 0.5) is 4.79 Å². The summed E-state index contributed by atoms with van der Waals surface area (Å²) in [6.07, 6.45) is 1.58. The average molecular weight is 511 g/mol. The topological polar surface area (TPSA) is 72.9 Å². The monoisotopic (exact) mass is 509 g/mol. The van der Waals surface area contributed by atoms with Crippen LogP contribution in [0.5, 0.6) is 11.5 Å². The second-order valence-electron chi connectivity index (χ2n) is 6.16. The van der Waals surface area contributed by atoms with Gasteiger partial charge in [-0.2, -0.15) is 0 Å². The average Bonchev–Trinajstić information content (AvgIpc) is 2.98. The van der Waals surface area contributed by atoms with E-state index >= 15 is 0 Å². The number of benzene rings is 2. The van der Waals surface area contributed by atoms with Gasteiger partial charge in [-0.3, -0.25) is 19.3 Å². The van der Waals surface area contributed by atoms with Crippen molar-refractivity contribution in [3.63, 3.8) is 0 Å². The molecule has 30 heavy (non-hydrogen) atoms. The van der Waals surface area contributed by atoms with Gasteiger partial charge in [-0.15, -0.1) is 0 Å². The normalized spacial score (nSPS) is 15.1. The van der Waals surface area contributed by atoms with Gasteiger partial charge < -0.3 is 9.47 Å². The summed E-state index contributed by atoms with van der Waals surface area (Å²) in [6, 6.07) is 9.73. The van der Waals surface area contributed by atoms with Crippen LogP contribution < -0.4 is 9.47 Å². The summed E-state index contributed by atoms with van der Waals surface area (Å²) >= 11 is 10.1. The molecule has 3 rings (SSSR count). The fourth-order valence-electron chi connectivity index (χ4n) is 2.74. The Labute approximate surface area is 191 Å². The summed E-state index contributed by atoms with van der Waals surface area (Å²) in [6.45, 7) is 2.00. The van der Waals surface area contributed by atoms with E-state index in [2.05, 4.69) is 15.9 Å². The Morgan fingerprint density at radius 1 is 1.20 bits per heavy atom. The number of carbonyl (C=O) groups is 3. The van der Waals surface area contributed by atoms with Crippen molar-refractivity contribution in [2.24, 2.45) is 0 Å². The van der Waals surface area contributed by atoms with E-state index in [9.17, 15) is 14.4 Å². The number of Topliss-reactive ketones (excluding diaryl/α,β-unsaturated/α-hetero) is 1. The fraction of sp³-hybridized carbons (Fsp3) is 0.190. The van der Waals surface area contributed by atoms with E-state index in [4.69, 9.17) is 21.1 Å². The number of halogens is 2. The molecule has 0 unspecified atom stereocenters. The standard InChI is InChI=1S/C21H17BrClNO5S/c1-3-29-18-10-15(22)13(8-17(18)28-2)9-19-20(26)24(21(27)30-19)11-16(25)12-4-6-14(23)7-5-12/h4-10H,3,11H2,1-2H3/b19-9-. The van der Waals surface area contributed by atoms with Gasteiger partial charge in [0.1, 0.15) is 0 Å². The summed E-state index contributed by atoms with van der Waals surface area (Å²) in [5.74, 6) is 0.195. The molecule has 0 saturated carbocycles. The number of amides is 2. The van der Waals surface area contributed by atoms with Crippen LogP contribution in [0.25, 0.3) is 6.08 Å². The van der Waals surface area contributed by atoms with Gasteiger partial charge in [-0.1, -0.05) is 27.5 Å². The molecule has 1 aliphatic rings. The van der Waals surface area contributed by atoms with Gasteiger partial charge in [-0.05, 0) is 66.7 Å². The Kier molecular flexibility index (Phi) is 7.23. The maximum absolute atomic E-state index is 12.7. The van der Waals surface area contributed by atoms with Crippen molar-refractivity contribution in [1.29, 1.82) is 0 Å². The van der Waals surface area contributed by atoms with Gasteiger partial charge in [0, 0.05) is 15.1 Å². The molecule has 0 spiro atoms. The van der Waals surface area contributed by atoms with Gasteiger partial charge in [0.05, 0.1) is 25.2 Å². The van der Waals surface area contributed by atoms with E-state index in [1.54, 1.807) is 42.5 Å². The molecule has 9 heteroatoms. The first-order valence-corrected chi connectivity index (χ1v) is 10.9. The first-order valence-electron chi connectivity index (χ1n) is 8.88. The molecule has 0 N–H and O–H groups in total. The number of rotatable bonds is 7. The summed E-state index contributed by atoms with van der Waals surface area (Å²) in [4.78, 5) is 38.7. The minimum atomic E-state index is -0.521. The fourth-order valence-corrected chi connectivity index (χ4v) is 4.13. The van der Waals surface area contributed by atoms with Crippen LogP contribution in [0.15, 0.2) is 45.8 Å². The highest BCUT2D eigenvalue weighted by Crippen LogP contribution is 2.38. The smallest absolute Gasteiger partial charge is 0.293 e. The number of hydrogen-bond acceptors (Lipinski definition) is 6. The zero-order valence-corrected chi connectivity index (χ0v) is 19.3. The van der Waals surface area contributed by atoms with Crippen molar-refractivity contribution in [3.8, 4) is 11.5 Å². The summed E-state index contributed by atoms with van der Waals surface area (Å²) in [5, 5.41) is -0.000372. The molecule has 2 aromatic carbocycles. The van der Waals surface area contributed by atoms with E-state index in [1.807, 2.05) is 6.92 Å². The molecule has 2 aromatic rings. The Bertz CT molecular complexity index is 1040. The predicted octanol–water partition coefficient (Wildman–Crippen LogP) is 5.43. The molecule has 0 aromatic heterocycles. The number of ether oxygens (including phenoxy) is 2. The highest BCUT2D eigenvalue weighted by Gasteiger charge is 2.36. The number of methoxy groups -OCH3 is 1. The van der Waals surface area contributed by atoms with Crippen molar-refractivity contribution in [1.82, 2.24) is 4.90 Å². The van der Waals surface area contributed by atoms with Crippen molar-refractivity contribution < 1.29 is 23.9 Å². The molecule has 156 valence electrons. The molecular formula is C21H17BrClNO5S. The second-order valence-corrected chi connectivity index (χ2v) is 8.44. The lowest BCUT2D eigenvalue weighted by Gasteiger charge is -2.12. The first kappa shape index (κ1) is 22.4. The second kappa shape index (κ2) is 9.68. The van der Waals surface area contributed by atoms with Crippen LogP contribution in [0.3, 0.4) is 0 Å². The molecule has 1 fully saturated rings.